The highest BCUT2D eigenvalue weighted by Gasteiger charge is 2.07. The molecule has 0 aliphatic carbocycles. The summed E-state index contributed by atoms with van der Waals surface area (Å²) in [6.07, 6.45) is 0. The number of nitrogens with zero attached hydrogens (tertiary/aromatic N) is 1. The fourth-order valence-corrected chi connectivity index (χ4v) is 1.47. The van der Waals surface area contributed by atoms with Gasteiger partial charge in [-0.15, -0.1) is 0 Å². The van der Waals surface area contributed by atoms with E-state index in [2.05, 4.69) is 24.5 Å². The van der Waals surface area contributed by atoms with Crippen LogP contribution in [0.2, 0.25) is 0 Å². The lowest BCUT2D eigenvalue weighted by Gasteiger charge is -2.11. The summed E-state index contributed by atoms with van der Waals surface area (Å²) in [5, 5.41) is 17.1. The first-order valence-electron chi connectivity index (χ1n) is 5.73. The Labute approximate surface area is 101 Å². The van der Waals surface area contributed by atoms with E-state index in [-0.39, 0.29) is 10.6 Å². The Morgan fingerprint density at radius 2 is 2.06 bits per heavy atom. The van der Waals surface area contributed by atoms with Gasteiger partial charge in [0.1, 0.15) is 0 Å². The molecule has 1 aromatic rings. The van der Waals surface area contributed by atoms with Crippen LogP contribution >= 0.6 is 0 Å². The van der Waals surface area contributed by atoms with Crippen molar-refractivity contribution >= 4 is 11.4 Å². The van der Waals surface area contributed by atoms with Crippen molar-refractivity contribution in [2.24, 2.45) is 0 Å². The molecule has 0 amide bonds. The van der Waals surface area contributed by atoms with Gasteiger partial charge >= 0.3 is 0 Å². The minimum Gasteiger partial charge on any atom is -0.383 e. The van der Waals surface area contributed by atoms with Gasteiger partial charge in [-0.25, -0.2) is 0 Å². The molecule has 0 fully saturated rings. The number of benzene rings is 1. The second-order valence-electron chi connectivity index (χ2n) is 4.29. The van der Waals surface area contributed by atoms with Gasteiger partial charge in [0.15, 0.2) is 0 Å². The zero-order valence-corrected chi connectivity index (χ0v) is 10.5. The maximum Gasteiger partial charge on any atom is 0.271 e. The summed E-state index contributed by atoms with van der Waals surface area (Å²) in [7, 11) is 0. The second kappa shape index (κ2) is 6.20. The molecule has 94 valence electrons. The number of nitrogens with one attached hydrogen (secondary N) is 2. The fraction of sp³-hybridized carbons (Fsp3) is 0.500. The predicted octanol–water partition coefficient (Wildman–Crippen LogP) is 2.31. The molecule has 0 unspecified atom stereocenters. The Balaban J connectivity index is 2.57. The molecule has 2 N–H and O–H groups in total. The Morgan fingerprint density at radius 1 is 1.35 bits per heavy atom. The summed E-state index contributed by atoms with van der Waals surface area (Å²) < 4.78 is 0. The number of hydrogen-bond donors (Lipinski definition) is 2. The molecule has 0 aromatic heterocycles. The zero-order chi connectivity index (χ0) is 12.8. The van der Waals surface area contributed by atoms with E-state index in [0.29, 0.717) is 6.04 Å². The van der Waals surface area contributed by atoms with Crippen LogP contribution in [0, 0.1) is 17.0 Å². The van der Waals surface area contributed by atoms with Crippen LogP contribution in [0.25, 0.3) is 0 Å². The lowest BCUT2D eigenvalue weighted by atomic mass is 10.2. The van der Waals surface area contributed by atoms with E-state index in [9.17, 15) is 10.1 Å². The number of hydrogen-bond acceptors (Lipinski definition) is 4. The lowest BCUT2D eigenvalue weighted by molar-refractivity contribution is -0.384. The van der Waals surface area contributed by atoms with Crippen LogP contribution in [0.1, 0.15) is 19.4 Å². The van der Waals surface area contributed by atoms with Gasteiger partial charge in [0.25, 0.3) is 5.69 Å². The molecule has 0 bridgehead atoms. The van der Waals surface area contributed by atoms with E-state index in [1.54, 1.807) is 12.1 Å². The Morgan fingerprint density at radius 3 is 2.65 bits per heavy atom. The van der Waals surface area contributed by atoms with Crippen molar-refractivity contribution in [1.82, 2.24) is 5.32 Å². The molecule has 5 heteroatoms. The first-order chi connectivity index (χ1) is 8.00. The Hall–Kier alpha value is -1.62. The van der Waals surface area contributed by atoms with Crippen LogP contribution < -0.4 is 10.6 Å². The van der Waals surface area contributed by atoms with Crippen molar-refractivity contribution in [2.75, 3.05) is 18.4 Å². The molecule has 1 aromatic carbocycles. The second-order valence-corrected chi connectivity index (χ2v) is 4.29. The van der Waals surface area contributed by atoms with Crippen LogP contribution in [0.3, 0.4) is 0 Å². The molecule has 5 nitrogen and oxygen atoms in total. The number of non-ortho nitro benzene ring substituents is 1. The normalized spacial score (nSPS) is 10.6. The SMILES string of the molecule is Cc1ccc([N+](=O)[O-])cc1NCCNC(C)C. The molecule has 1 rings (SSSR count). The molecular formula is C12H19N3O2. The molecule has 0 radical (unpaired) electrons. The third-order valence-electron chi connectivity index (χ3n) is 2.43. The van der Waals surface area contributed by atoms with Gasteiger partial charge in [0.05, 0.1) is 4.92 Å². The minimum atomic E-state index is -0.378. The van der Waals surface area contributed by atoms with Crippen LogP contribution in [0.15, 0.2) is 18.2 Å². The maximum absolute atomic E-state index is 10.6. The third-order valence-corrected chi connectivity index (χ3v) is 2.43. The summed E-state index contributed by atoms with van der Waals surface area (Å²) in [6, 6.07) is 5.30. The molecule has 0 saturated heterocycles. The van der Waals surface area contributed by atoms with Crippen molar-refractivity contribution < 1.29 is 4.92 Å². The van der Waals surface area contributed by atoms with E-state index >= 15 is 0 Å². The van der Waals surface area contributed by atoms with Gasteiger partial charge in [-0.05, 0) is 12.5 Å². The number of rotatable bonds is 6. The van der Waals surface area contributed by atoms with Crippen molar-refractivity contribution in [3.05, 3.63) is 33.9 Å². The van der Waals surface area contributed by atoms with E-state index in [4.69, 9.17) is 0 Å². The first kappa shape index (κ1) is 13.4. The number of nitro benzene ring substituents is 1. The average molecular weight is 237 g/mol. The molecule has 0 saturated carbocycles. The number of aryl methyl sites for hydroxylation is 1. The smallest absolute Gasteiger partial charge is 0.271 e. The predicted molar refractivity (Wildman–Crippen MR) is 69.5 cm³/mol. The molecule has 0 aliphatic heterocycles. The van der Waals surface area contributed by atoms with Gasteiger partial charge in [-0.1, -0.05) is 19.9 Å². The summed E-state index contributed by atoms with van der Waals surface area (Å²) in [5.41, 5.74) is 1.96. The van der Waals surface area contributed by atoms with Gasteiger partial charge in [-0.2, -0.15) is 0 Å². The number of anilines is 1. The van der Waals surface area contributed by atoms with Crippen molar-refractivity contribution in [2.45, 2.75) is 26.8 Å². The highest BCUT2D eigenvalue weighted by molar-refractivity contribution is 5.56. The van der Waals surface area contributed by atoms with Gasteiger partial charge in [0, 0.05) is 37.0 Å². The minimum absolute atomic E-state index is 0.120. The Kier molecular flexibility index (Phi) is 4.90. The standard InChI is InChI=1S/C12H19N3O2/c1-9(2)13-6-7-14-12-8-11(15(16)17)5-4-10(12)3/h4-5,8-9,13-14H,6-7H2,1-3H3. The maximum atomic E-state index is 10.6. The monoisotopic (exact) mass is 237 g/mol. The lowest BCUT2D eigenvalue weighted by Crippen LogP contribution is -2.28. The molecule has 0 heterocycles. The van der Waals surface area contributed by atoms with Gasteiger partial charge in [-0.3, -0.25) is 10.1 Å². The van der Waals surface area contributed by atoms with Crippen LogP contribution in [0.4, 0.5) is 11.4 Å². The molecule has 0 spiro atoms. The highest BCUT2D eigenvalue weighted by atomic mass is 16.6. The fourth-order valence-electron chi connectivity index (χ4n) is 1.47. The zero-order valence-electron chi connectivity index (χ0n) is 10.5. The number of nitro groups is 1. The van der Waals surface area contributed by atoms with Crippen molar-refractivity contribution in [1.29, 1.82) is 0 Å². The quantitative estimate of drug-likeness (QED) is 0.452. The van der Waals surface area contributed by atoms with Crippen LogP contribution in [-0.4, -0.2) is 24.1 Å². The topological polar surface area (TPSA) is 67.2 Å². The van der Waals surface area contributed by atoms with Crippen molar-refractivity contribution in [3.8, 4) is 0 Å². The largest absolute Gasteiger partial charge is 0.383 e. The van der Waals surface area contributed by atoms with E-state index < -0.39 is 0 Å². The molecule has 17 heavy (non-hydrogen) atoms. The first-order valence-corrected chi connectivity index (χ1v) is 5.73. The summed E-state index contributed by atoms with van der Waals surface area (Å²) in [4.78, 5) is 10.3. The Bertz CT molecular complexity index is 391. The molecule has 0 aliphatic rings. The summed E-state index contributed by atoms with van der Waals surface area (Å²) in [6.45, 7) is 7.68. The van der Waals surface area contributed by atoms with Crippen LogP contribution in [-0.2, 0) is 0 Å². The van der Waals surface area contributed by atoms with Crippen molar-refractivity contribution in [3.63, 3.8) is 0 Å². The third kappa shape index (κ3) is 4.40. The highest BCUT2D eigenvalue weighted by Crippen LogP contribution is 2.21. The summed E-state index contributed by atoms with van der Waals surface area (Å²) in [5.74, 6) is 0. The van der Waals surface area contributed by atoms with E-state index in [1.807, 2.05) is 6.92 Å². The molecular weight excluding hydrogens is 218 g/mol. The average Bonchev–Trinajstić information content (AvgIpc) is 2.25. The van der Waals surface area contributed by atoms with E-state index in [0.717, 1.165) is 24.3 Å². The summed E-state index contributed by atoms with van der Waals surface area (Å²) >= 11 is 0. The van der Waals surface area contributed by atoms with Gasteiger partial charge in [0.2, 0.25) is 0 Å². The van der Waals surface area contributed by atoms with E-state index in [1.165, 1.54) is 6.07 Å². The van der Waals surface area contributed by atoms with Crippen LogP contribution in [0.5, 0.6) is 0 Å². The van der Waals surface area contributed by atoms with Gasteiger partial charge < -0.3 is 10.6 Å². The molecule has 0 atom stereocenters.